The number of para-hydroxylation sites is 1. The van der Waals surface area contributed by atoms with Crippen molar-refractivity contribution in [3.8, 4) is 17.0 Å². The molecule has 4 aromatic rings. The standard InChI is InChI=1S/C24H21NO/c1-15-10-12-18-20(14-15)23-17-7-3-2-6-16(17)11-13-21(23)25-24(18)19-8-4-5-9-22(19)26/h2-9,11,13,15,26H,10,12,14H2,1H3/t15-/m0/s1. The van der Waals surface area contributed by atoms with Crippen LogP contribution in [0, 0.1) is 5.92 Å². The summed E-state index contributed by atoms with van der Waals surface area (Å²) in [6, 6.07) is 20.4. The second-order valence-electron chi connectivity index (χ2n) is 7.46. The number of phenolic OH excluding ortho intramolecular Hbond substituents is 1. The van der Waals surface area contributed by atoms with Gasteiger partial charge in [0.15, 0.2) is 0 Å². The lowest BCUT2D eigenvalue weighted by atomic mass is 9.80. The van der Waals surface area contributed by atoms with Crippen LogP contribution < -0.4 is 0 Å². The predicted octanol–water partition coefficient (Wildman–Crippen LogP) is 5.89. The van der Waals surface area contributed by atoms with Gasteiger partial charge in [-0.05, 0) is 65.3 Å². The molecule has 2 heteroatoms. The van der Waals surface area contributed by atoms with Crippen LogP contribution in [-0.2, 0) is 12.8 Å². The maximum absolute atomic E-state index is 10.4. The molecular formula is C24H21NO. The van der Waals surface area contributed by atoms with Crippen LogP contribution in [0.15, 0.2) is 60.7 Å². The molecule has 0 radical (unpaired) electrons. The zero-order chi connectivity index (χ0) is 17.7. The van der Waals surface area contributed by atoms with Crippen LogP contribution in [0.3, 0.4) is 0 Å². The van der Waals surface area contributed by atoms with Gasteiger partial charge in [-0.25, -0.2) is 4.98 Å². The minimum Gasteiger partial charge on any atom is -0.507 e. The van der Waals surface area contributed by atoms with E-state index < -0.39 is 0 Å². The summed E-state index contributed by atoms with van der Waals surface area (Å²) in [5.74, 6) is 0.977. The number of rotatable bonds is 1. The monoisotopic (exact) mass is 339 g/mol. The van der Waals surface area contributed by atoms with Crippen molar-refractivity contribution in [1.29, 1.82) is 0 Å². The Balaban J connectivity index is 1.92. The zero-order valence-corrected chi connectivity index (χ0v) is 14.9. The van der Waals surface area contributed by atoms with Gasteiger partial charge in [-0.2, -0.15) is 0 Å². The number of nitrogens with zero attached hydrogens (tertiary/aromatic N) is 1. The number of pyridine rings is 1. The largest absolute Gasteiger partial charge is 0.507 e. The van der Waals surface area contributed by atoms with Crippen molar-refractivity contribution in [3.05, 3.63) is 71.8 Å². The van der Waals surface area contributed by atoms with Gasteiger partial charge in [-0.3, -0.25) is 0 Å². The molecule has 1 heterocycles. The van der Waals surface area contributed by atoms with Crippen molar-refractivity contribution in [2.45, 2.75) is 26.2 Å². The first-order valence-corrected chi connectivity index (χ1v) is 9.34. The lowest BCUT2D eigenvalue weighted by molar-refractivity contribution is 0.476. The highest BCUT2D eigenvalue weighted by Gasteiger charge is 2.24. The average molecular weight is 339 g/mol. The third kappa shape index (κ3) is 2.29. The van der Waals surface area contributed by atoms with Crippen LogP contribution in [0.4, 0.5) is 0 Å². The fourth-order valence-electron chi connectivity index (χ4n) is 4.38. The first-order chi connectivity index (χ1) is 12.7. The lowest BCUT2D eigenvalue weighted by Gasteiger charge is -2.26. The van der Waals surface area contributed by atoms with Gasteiger partial charge in [-0.1, -0.05) is 49.4 Å². The molecule has 0 spiro atoms. The summed E-state index contributed by atoms with van der Waals surface area (Å²) in [6.45, 7) is 2.33. The van der Waals surface area contributed by atoms with Crippen molar-refractivity contribution < 1.29 is 5.11 Å². The molecule has 1 aliphatic rings. The Kier molecular flexibility index (Phi) is 3.46. The molecule has 1 aliphatic carbocycles. The first-order valence-electron chi connectivity index (χ1n) is 9.34. The van der Waals surface area contributed by atoms with Gasteiger partial charge >= 0.3 is 0 Å². The number of hydrogen-bond acceptors (Lipinski definition) is 2. The minimum atomic E-state index is 0.306. The molecule has 26 heavy (non-hydrogen) atoms. The molecule has 0 unspecified atom stereocenters. The van der Waals surface area contributed by atoms with E-state index in [0.717, 1.165) is 29.6 Å². The maximum Gasteiger partial charge on any atom is 0.124 e. The van der Waals surface area contributed by atoms with Crippen LogP contribution in [0.1, 0.15) is 24.5 Å². The predicted molar refractivity (Wildman–Crippen MR) is 108 cm³/mol. The highest BCUT2D eigenvalue weighted by atomic mass is 16.3. The second kappa shape index (κ2) is 5.84. The number of phenols is 1. The van der Waals surface area contributed by atoms with E-state index in [2.05, 4.69) is 43.3 Å². The molecule has 3 aromatic carbocycles. The van der Waals surface area contributed by atoms with E-state index >= 15 is 0 Å². The molecule has 0 aliphatic heterocycles. The number of fused-ring (bicyclic) bond motifs is 5. The Morgan fingerprint density at radius 1 is 0.923 bits per heavy atom. The number of benzene rings is 3. The summed E-state index contributed by atoms with van der Waals surface area (Å²) < 4.78 is 0. The van der Waals surface area contributed by atoms with Crippen LogP contribution in [0.5, 0.6) is 5.75 Å². The van der Waals surface area contributed by atoms with E-state index in [9.17, 15) is 5.11 Å². The molecule has 0 bridgehead atoms. The summed E-state index contributed by atoms with van der Waals surface area (Å²) in [5.41, 5.74) is 5.55. The Morgan fingerprint density at radius 2 is 1.73 bits per heavy atom. The summed E-state index contributed by atoms with van der Waals surface area (Å²) in [5, 5.41) is 14.3. The lowest BCUT2D eigenvalue weighted by Crippen LogP contribution is -2.14. The molecule has 1 N–H and O–H groups in total. The summed E-state index contributed by atoms with van der Waals surface area (Å²) in [7, 11) is 0. The van der Waals surface area contributed by atoms with Gasteiger partial charge in [-0.15, -0.1) is 0 Å². The highest BCUT2D eigenvalue weighted by molar-refractivity contribution is 6.09. The average Bonchev–Trinajstić information content (AvgIpc) is 2.67. The Bertz CT molecular complexity index is 1150. The molecule has 2 nitrogen and oxygen atoms in total. The molecule has 0 saturated heterocycles. The van der Waals surface area contributed by atoms with Crippen molar-refractivity contribution in [3.63, 3.8) is 0 Å². The van der Waals surface area contributed by atoms with Crippen molar-refractivity contribution >= 4 is 21.7 Å². The van der Waals surface area contributed by atoms with Crippen LogP contribution in [-0.4, -0.2) is 10.1 Å². The topological polar surface area (TPSA) is 33.1 Å². The SMILES string of the molecule is C[C@H]1CCc2c(-c3ccccc3O)nc3ccc4ccccc4c3c2C1. The Labute approximate surface area is 153 Å². The maximum atomic E-state index is 10.4. The van der Waals surface area contributed by atoms with E-state index in [4.69, 9.17) is 4.98 Å². The molecule has 5 rings (SSSR count). The van der Waals surface area contributed by atoms with E-state index in [1.807, 2.05) is 18.2 Å². The fraction of sp³-hybridized carbons (Fsp3) is 0.208. The van der Waals surface area contributed by atoms with Crippen molar-refractivity contribution in [2.24, 2.45) is 5.92 Å². The summed E-state index contributed by atoms with van der Waals surface area (Å²) in [6.07, 6.45) is 3.26. The summed E-state index contributed by atoms with van der Waals surface area (Å²) >= 11 is 0. The van der Waals surface area contributed by atoms with Gasteiger partial charge in [0.2, 0.25) is 0 Å². The van der Waals surface area contributed by atoms with Crippen LogP contribution >= 0.6 is 0 Å². The second-order valence-corrected chi connectivity index (χ2v) is 7.46. The normalized spacial score (nSPS) is 16.7. The molecular weight excluding hydrogens is 318 g/mol. The first kappa shape index (κ1) is 15.4. The number of aromatic hydroxyl groups is 1. The molecule has 128 valence electrons. The van der Waals surface area contributed by atoms with Gasteiger partial charge in [0.05, 0.1) is 11.2 Å². The van der Waals surface area contributed by atoms with Crippen molar-refractivity contribution in [2.75, 3.05) is 0 Å². The van der Waals surface area contributed by atoms with Gasteiger partial charge in [0, 0.05) is 10.9 Å². The highest BCUT2D eigenvalue weighted by Crippen LogP contribution is 2.41. The number of aromatic nitrogens is 1. The summed E-state index contributed by atoms with van der Waals surface area (Å²) in [4.78, 5) is 5.03. The van der Waals surface area contributed by atoms with E-state index in [1.54, 1.807) is 6.07 Å². The third-order valence-corrected chi connectivity index (χ3v) is 5.69. The van der Waals surface area contributed by atoms with E-state index in [1.165, 1.54) is 33.7 Å². The van der Waals surface area contributed by atoms with E-state index in [0.29, 0.717) is 11.7 Å². The quantitative estimate of drug-likeness (QED) is 0.439. The van der Waals surface area contributed by atoms with Gasteiger partial charge < -0.3 is 5.11 Å². The Hall–Kier alpha value is -2.87. The minimum absolute atomic E-state index is 0.306. The molecule has 0 saturated carbocycles. The van der Waals surface area contributed by atoms with Crippen LogP contribution in [0.25, 0.3) is 32.9 Å². The molecule has 0 fully saturated rings. The fourth-order valence-corrected chi connectivity index (χ4v) is 4.38. The Morgan fingerprint density at radius 3 is 2.62 bits per heavy atom. The number of hydrogen-bond donors (Lipinski definition) is 1. The van der Waals surface area contributed by atoms with Gasteiger partial charge in [0.25, 0.3) is 0 Å². The zero-order valence-electron chi connectivity index (χ0n) is 14.9. The van der Waals surface area contributed by atoms with Crippen LogP contribution in [0.2, 0.25) is 0 Å². The molecule has 0 amide bonds. The van der Waals surface area contributed by atoms with Gasteiger partial charge in [0.1, 0.15) is 5.75 Å². The van der Waals surface area contributed by atoms with Crippen molar-refractivity contribution in [1.82, 2.24) is 4.98 Å². The molecule has 1 aromatic heterocycles. The van der Waals surface area contributed by atoms with E-state index in [-0.39, 0.29) is 0 Å². The third-order valence-electron chi connectivity index (χ3n) is 5.69. The molecule has 1 atom stereocenters. The smallest absolute Gasteiger partial charge is 0.124 e.